The fraction of sp³-hybridized carbons (Fsp3) is 0.800. The lowest BCUT2D eigenvalue weighted by molar-refractivity contribution is -0.348. The molecule has 0 saturated carbocycles. The van der Waals surface area contributed by atoms with Crippen molar-refractivity contribution in [2.24, 2.45) is 0 Å². The van der Waals surface area contributed by atoms with Gasteiger partial charge in [0.15, 0.2) is 6.29 Å². The molecular weight excluding hydrogens is 280 g/mol. The van der Waals surface area contributed by atoms with Crippen LogP contribution in [0.5, 0.6) is 0 Å². The molecule has 20 heavy (non-hydrogen) atoms. The Hall–Kier alpha value is -1.30. The van der Waals surface area contributed by atoms with E-state index < -0.39 is 61.8 Å². The first-order valence-corrected chi connectivity index (χ1v) is 5.64. The molecule has 10 heteroatoms. The first-order chi connectivity index (χ1) is 9.27. The molecule has 1 aliphatic heterocycles. The topological polar surface area (TPSA) is 180 Å². The van der Waals surface area contributed by atoms with Crippen LogP contribution in [0.15, 0.2) is 0 Å². The second kappa shape index (κ2) is 6.92. The number of rotatable bonds is 6. The van der Waals surface area contributed by atoms with Crippen LogP contribution in [0.4, 0.5) is 0 Å². The summed E-state index contributed by atoms with van der Waals surface area (Å²) >= 11 is 0. The maximum atomic E-state index is 10.7. The van der Waals surface area contributed by atoms with Crippen molar-refractivity contribution in [1.29, 1.82) is 0 Å². The largest absolute Gasteiger partial charge is 0.550 e. The molecule has 0 aromatic heterocycles. The minimum Gasteiger partial charge on any atom is -0.550 e. The SMILES string of the molecule is O=C([O-])C[C@H](O[C@@H]1OC(CO)[C@@H](O)[C@H](O)C1O)C(=O)[O-]. The molecular formula is C10H14O10-2. The van der Waals surface area contributed by atoms with Crippen LogP contribution < -0.4 is 10.2 Å². The van der Waals surface area contributed by atoms with Gasteiger partial charge in [-0.25, -0.2) is 0 Å². The van der Waals surface area contributed by atoms with E-state index in [9.17, 15) is 35.1 Å². The van der Waals surface area contributed by atoms with Crippen LogP contribution in [0.1, 0.15) is 6.42 Å². The third-order valence-corrected chi connectivity index (χ3v) is 2.76. The van der Waals surface area contributed by atoms with Crippen molar-refractivity contribution in [2.45, 2.75) is 43.2 Å². The van der Waals surface area contributed by atoms with E-state index in [1.54, 1.807) is 0 Å². The first-order valence-electron chi connectivity index (χ1n) is 5.64. The molecule has 0 aromatic carbocycles. The molecule has 116 valence electrons. The number of carbonyl (C=O) groups is 2. The van der Waals surface area contributed by atoms with Gasteiger partial charge in [0.2, 0.25) is 0 Å². The molecule has 0 amide bonds. The minimum atomic E-state index is -1.98. The highest BCUT2D eigenvalue weighted by Crippen LogP contribution is 2.23. The molecule has 1 rings (SSSR count). The molecule has 1 aliphatic rings. The Kier molecular flexibility index (Phi) is 5.80. The zero-order chi connectivity index (χ0) is 15.4. The van der Waals surface area contributed by atoms with E-state index in [-0.39, 0.29) is 0 Å². The first kappa shape index (κ1) is 16.8. The monoisotopic (exact) mass is 294 g/mol. The van der Waals surface area contributed by atoms with Crippen LogP contribution in [0.25, 0.3) is 0 Å². The third kappa shape index (κ3) is 3.85. The Balaban J connectivity index is 2.77. The lowest BCUT2D eigenvalue weighted by Gasteiger charge is -2.41. The maximum absolute atomic E-state index is 10.7. The van der Waals surface area contributed by atoms with Crippen molar-refractivity contribution < 1.29 is 49.7 Å². The van der Waals surface area contributed by atoms with Crippen LogP contribution in [0.3, 0.4) is 0 Å². The standard InChI is InChI=1S/C10H16O10/c11-2-4-6(14)7(15)8(16)10(20-4)19-3(9(17)18)1-5(12)13/h3-4,6-8,10-11,14-16H,1-2H2,(H,12,13)(H,17,18)/p-2/t3-,4?,6+,7-,8?,10+/m0/s1. The van der Waals surface area contributed by atoms with Gasteiger partial charge < -0.3 is 49.7 Å². The van der Waals surface area contributed by atoms with Gasteiger partial charge in [0.25, 0.3) is 0 Å². The third-order valence-electron chi connectivity index (χ3n) is 2.76. The second-order valence-electron chi connectivity index (χ2n) is 4.22. The molecule has 1 heterocycles. The highest BCUT2D eigenvalue weighted by Gasteiger charge is 2.44. The van der Waals surface area contributed by atoms with Crippen LogP contribution >= 0.6 is 0 Å². The molecule has 6 atom stereocenters. The number of carboxylic acid groups (broad SMARTS) is 2. The molecule has 0 bridgehead atoms. The van der Waals surface area contributed by atoms with Gasteiger partial charge in [-0.2, -0.15) is 0 Å². The summed E-state index contributed by atoms with van der Waals surface area (Å²) in [5.74, 6) is -3.62. The summed E-state index contributed by atoms with van der Waals surface area (Å²) in [4.78, 5) is 21.0. The molecule has 1 saturated heterocycles. The predicted octanol–water partition coefficient (Wildman–Crippen LogP) is -5.94. The Morgan fingerprint density at radius 1 is 1.15 bits per heavy atom. The van der Waals surface area contributed by atoms with Gasteiger partial charge in [0.05, 0.1) is 12.6 Å². The summed E-state index contributed by atoms with van der Waals surface area (Å²) in [5.41, 5.74) is 0. The molecule has 0 spiro atoms. The zero-order valence-corrected chi connectivity index (χ0v) is 10.1. The highest BCUT2D eigenvalue weighted by atomic mass is 16.7. The van der Waals surface area contributed by atoms with Crippen LogP contribution in [0.2, 0.25) is 0 Å². The fourth-order valence-corrected chi connectivity index (χ4v) is 1.68. The van der Waals surface area contributed by atoms with Gasteiger partial charge >= 0.3 is 0 Å². The number of carbonyl (C=O) groups excluding carboxylic acids is 2. The van der Waals surface area contributed by atoms with Crippen LogP contribution in [0, 0.1) is 0 Å². The summed E-state index contributed by atoms with van der Waals surface area (Å²) < 4.78 is 9.55. The van der Waals surface area contributed by atoms with Gasteiger partial charge in [-0.1, -0.05) is 0 Å². The zero-order valence-electron chi connectivity index (χ0n) is 10.1. The summed E-state index contributed by atoms with van der Waals surface area (Å²) in [5, 5.41) is 58.4. The van der Waals surface area contributed by atoms with Crippen molar-refractivity contribution >= 4 is 11.9 Å². The summed E-state index contributed by atoms with van der Waals surface area (Å²) in [6.45, 7) is -0.735. The average molecular weight is 294 g/mol. The Morgan fingerprint density at radius 2 is 1.75 bits per heavy atom. The van der Waals surface area contributed by atoms with Gasteiger partial charge in [-0.15, -0.1) is 0 Å². The van der Waals surface area contributed by atoms with Crippen molar-refractivity contribution in [1.82, 2.24) is 0 Å². The lowest BCUT2D eigenvalue weighted by atomic mass is 9.99. The lowest BCUT2D eigenvalue weighted by Crippen LogP contribution is -2.60. The molecule has 4 N–H and O–H groups in total. The van der Waals surface area contributed by atoms with E-state index in [0.717, 1.165) is 0 Å². The quantitative estimate of drug-likeness (QED) is 0.368. The van der Waals surface area contributed by atoms with Gasteiger partial charge in [0, 0.05) is 12.4 Å². The summed E-state index contributed by atoms with van der Waals surface area (Å²) in [7, 11) is 0. The van der Waals surface area contributed by atoms with E-state index >= 15 is 0 Å². The predicted molar refractivity (Wildman–Crippen MR) is 53.3 cm³/mol. The van der Waals surface area contributed by atoms with E-state index in [1.165, 1.54) is 0 Å². The molecule has 0 aliphatic carbocycles. The molecule has 0 aromatic rings. The molecule has 0 radical (unpaired) electrons. The Bertz CT molecular complexity index is 356. The van der Waals surface area contributed by atoms with Crippen LogP contribution in [-0.2, 0) is 19.1 Å². The Morgan fingerprint density at radius 3 is 2.20 bits per heavy atom. The number of ether oxygens (including phenoxy) is 2. The molecule has 10 nitrogen and oxygen atoms in total. The van der Waals surface area contributed by atoms with Gasteiger partial charge in [-0.05, 0) is 0 Å². The number of hydrogen-bond acceptors (Lipinski definition) is 10. The number of aliphatic carboxylic acids is 2. The number of carboxylic acids is 2. The van der Waals surface area contributed by atoms with E-state index in [4.69, 9.17) is 9.84 Å². The van der Waals surface area contributed by atoms with Gasteiger partial charge in [0.1, 0.15) is 30.5 Å². The van der Waals surface area contributed by atoms with Crippen molar-refractivity contribution in [2.75, 3.05) is 6.61 Å². The van der Waals surface area contributed by atoms with E-state index in [1.807, 2.05) is 0 Å². The Labute approximate surface area is 112 Å². The van der Waals surface area contributed by atoms with E-state index in [0.29, 0.717) is 0 Å². The number of aliphatic hydroxyl groups is 4. The average Bonchev–Trinajstić information content (AvgIpc) is 2.37. The summed E-state index contributed by atoms with van der Waals surface area (Å²) in [6, 6.07) is 0. The van der Waals surface area contributed by atoms with Crippen molar-refractivity contribution in [3.63, 3.8) is 0 Å². The number of hydrogen-bond donors (Lipinski definition) is 4. The maximum Gasteiger partial charge on any atom is 0.187 e. The number of aliphatic hydroxyl groups excluding tert-OH is 4. The van der Waals surface area contributed by atoms with Crippen molar-refractivity contribution in [3.8, 4) is 0 Å². The molecule has 2 unspecified atom stereocenters. The normalized spacial score (nSPS) is 35.5. The minimum absolute atomic E-state index is 0.735. The smallest absolute Gasteiger partial charge is 0.187 e. The molecule has 1 fully saturated rings. The fourth-order valence-electron chi connectivity index (χ4n) is 1.68. The second-order valence-corrected chi connectivity index (χ2v) is 4.22. The van der Waals surface area contributed by atoms with Crippen molar-refractivity contribution in [3.05, 3.63) is 0 Å². The van der Waals surface area contributed by atoms with Crippen LogP contribution in [-0.4, -0.2) is 75.8 Å². The highest BCUT2D eigenvalue weighted by molar-refractivity contribution is 5.77. The summed E-state index contributed by atoms with van der Waals surface area (Å²) in [6.07, 6.45) is -11.3. The van der Waals surface area contributed by atoms with E-state index in [2.05, 4.69) is 4.74 Å². The van der Waals surface area contributed by atoms with Gasteiger partial charge in [-0.3, -0.25) is 0 Å².